The number of hydrogen-bond acceptors (Lipinski definition) is 3. The summed E-state index contributed by atoms with van der Waals surface area (Å²) in [6.45, 7) is 3.30. The lowest BCUT2D eigenvalue weighted by molar-refractivity contribution is -0.0509. The third-order valence-corrected chi connectivity index (χ3v) is 7.00. The fraction of sp³-hybridized carbons (Fsp3) is 0.231. The molecule has 0 aliphatic heterocycles. The molecule has 0 amide bonds. The van der Waals surface area contributed by atoms with Crippen molar-refractivity contribution in [1.82, 2.24) is 0 Å². The lowest BCUT2D eigenvalue weighted by atomic mass is 9.94. The van der Waals surface area contributed by atoms with Crippen LogP contribution in [-0.4, -0.2) is 21.9 Å². The van der Waals surface area contributed by atoms with Gasteiger partial charge in [0.25, 0.3) is 0 Å². The maximum Gasteiger partial charge on any atom is 0.0849 e. The number of aryl methyl sites for hydroxylation is 1. The molecule has 0 aliphatic carbocycles. The van der Waals surface area contributed by atoms with Gasteiger partial charge < -0.3 is 10.2 Å². The average Bonchev–Trinajstić information content (AvgIpc) is 3.03. The highest BCUT2D eigenvalue weighted by Crippen LogP contribution is 2.38. The molecule has 2 nitrogen and oxygen atoms in total. The molecule has 0 saturated heterocycles. The number of rotatable bonds is 4. The molecule has 0 aliphatic rings. The highest BCUT2D eigenvalue weighted by Gasteiger charge is 2.23. The first-order chi connectivity index (χ1) is 13.9. The normalized spacial score (nSPS) is 13.7. The molecule has 0 fully saturated rings. The van der Waals surface area contributed by atoms with Gasteiger partial charge in [-0.1, -0.05) is 42.5 Å². The maximum atomic E-state index is 10.1. The monoisotopic (exact) mass is 400 g/mol. The molecule has 2 N–H and O–H groups in total. The van der Waals surface area contributed by atoms with Crippen LogP contribution in [0.4, 0.5) is 0 Å². The Bertz CT molecular complexity index is 1360. The van der Waals surface area contributed by atoms with E-state index in [0.717, 1.165) is 6.42 Å². The highest BCUT2D eigenvalue weighted by atomic mass is 32.1. The zero-order valence-electron chi connectivity index (χ0n) is 16.6. The minimum atomic E-state index is -1.07. The van der Waals surface area contributed by atoms with Crippen molar-refractivity contribution >= 4 is 53.1 Å². The molecule has 0 bridgehead atoms. The zero-order valence-corrected chi connectivity index (χ0v) is 17.5. The second-order valence-corrected chi connectivity index (χ2v) is 9.62. The predicted molar refractivity (Wildman–Crippen MR) is 125 cm³/mol. The fourth-order valence-electron chi connectivity index (χ4n) is 4.07. The molecule has 1 aromatic heterocycles. The first kappa shape index (κ1) is 18.6. The van der Waals surface area contributed by atoms with E-state index in [9.17, 15) is 10.2 Å². The van der Waals surface area contributed by atoms with E-state index < -0.39 is 11.7 Å². The fourth-order valence-corrected chi connectivity index (χ4v) is 5.23. The molecule has 1 unspecified atom stereocenters. The summed E-state index contributed by atoms with van der Waals surface area (Å²) in [4.78, 5) is 0. The molecule has 146 valence electrons. The Kier molecular flexibility index (Phi) is 4.36. The molecule has 4 aromatic carbocycles. The number of aliphatic hydroxyl groups excluding tert-OH is 1. The Labute approximate surface area is 174 Å². The Balaban J connectivity index is 1.57. The van der Waals surface area contributed by atoms with Crippen molar-refractivity contribution in [2.45, 2.75) is 38.4 Å². The largest absolute Gasteiger partial charge is 0.390 e. The molecular formula is C26H24O2S. The molecule has 0 radical (unpaired) electrons. The van der Waals surface area contributed by atoms with Crippen LogP contribution in [0.25, 0.3) is 41.7 Å². The molecule has 5 aromatic rings. The summed E-state index contributed by atoms with van der Waals surface area (Å²) in [5, 5.41) is 27.7. The summed E-state index contributed by atoms with van der Waals surface area (Å²) in [5.74, 6) is 0. The van der Waals surface area contributed by atoms with Crippen molar-refractivity contribution in [2.24, 2.45) is 0 Å². The van der Waals surface area contributed by atoms with Crippen LogP contribution in [0, 0.1) is 0 Å². The van der Waals surface area contributed by atoms with Gasteiger partial charge in [-0.15, -0.1) is 11.3 Å². The number of hydrogen-bond donors (Lipinski definition) is 2. The second kappa shape index (κ2) is 6.81. The Hall–Kier alpha value is -2.46. The average molecular weight is 401 g/mol. The maximum absolute atomic E-state index is 10.1. The predicted octanol–water partition coefficient (Wildman–Crippen LogP) is 6.43. The third-order valence-electron chi connectivity index (χ3n) is 5.88. The van der Waals surface area contributed by atoms with Crippen LogP contribution in [0.2, 0.25) is 0 Å². The van der Waals surface area contributed by atoms with Gasteiger partial charge in [0.15, 0.2) is 0 Å². The van der Waals surface area contributed by atoms with Gasteiger partial charge in [0.1, 0.15) is 0 Å². The molecular weight excluding hydrogens is 376 g/mol. The number of thiophene rings is 1. The summed E-state index contributed by atoms with van der Waals surface area (Å²) in [7, 11) is 0. The zero-order chi connectivity index (χ0) is 20.2. The van der Waals surface area contributed by atoms with E-state index in [0.29, 0.717) is 6.42 Å². The lowest BCUT2D eigenvalue weighted by Gasteiger charge is -2.24. The van der Waals surface area contributed by atoms with Gasteiger partial charge in [-0.2, -0.15) is 0 Å². The van der Waals surface area contributed by atoms with Gasteiger partial charge in [0, 0.05) is 20.2 Å². The molecule has 5 rings (SSSR count). The minimum Gasteiger partial charge on any atom is -0.390 e. The topological polar surface area (TPSA) is 40.5 Å². The number of aliphatic hydroxyl groups is 2. The van der Waals surface area contributed by atoms with Gasteiger partial charge in [0.05, 0.1) is 11.7 Å². The number of fused-ring (bicyclic) bond motifs is 5. The van der Waals surface area contributed by atoms with Gasteiger partial charge in [0.2, 0.25) is 0 Å². The first-order valence-corrected chi connectivity index (χ1v) is 10.9. The smallest absolute Gasteiger partial charge is 0.0849 e. The molecule has 1 heterocycles. The molecule has 1 atom stereocenters. The summed E-state index contributed by atoms with van der Waals surface area (Å²) in [5.41, 5.74) is 0.121. The standard InChI is InChI=1S/C26H24O2S/c1-26(2,28)25(27)10-8-16-7-9-19-13-22-21-12-17-5-3-4-6-18(17)14-23(21)29-24(22)15-20(19)11-16/h3-7,9,11-15,25,27-28H,8,10H2,1-2H3. The third kappa shape index (κ3) is 3.40. The molecule has 3 heteroatoms. The summed E-state index contributed by atoms with van der Waals surface area (Å²) in [6.07, 6.45) is 0.571. The SMILES string of the molecule is CC(C)(O)C(O)CCc1ccc2cc3c(cc2c1)sc1cc2ccccc2cc13. The Morgan fingerprint density at radius 1 is 0.793 bits per heavy atom. The van der Waals surface area contributed by atoms with Crippen LogP contribution in [0.15, 0.2) is 66.7 Å². The summed E-state index contributed by atoms with van der Waals surface area (Å²) >= 11 is 1.85. The van der Waals surface area contributed by atoms with Crippen molar-refractivity contribution in [3.05, 3.63) is 72.3 Å². The Morgan fingerprint density at radius 2 is 1.38 bits per heavy atom. The highest BCUT2D eigenvalue weighted by molar-refractivity contribution is 7.26. The lowest BCUT2D eigenvalue weighted by Crippen LogP contribution is -2.36. The van der Waals surface area contributed by atoms with Crippen LogP contribution >= 0.6 is 11.3 Å². The summed E-state index contributed by atoms with van der Waals surface area (Å²) < 4.78 is 2.62. The molecule has 29 heavy (non-hydrogen) atoms. The van der Waals surface area contributed by atoms with Crippen molar-refractivity contribution in [3.63, 3.8) is 0 Å². The van der Waals surface area contributed by atoms with Crippen molar-refractivity contribution in [2.75, 3.05) is 0 Å². The van der Waals surface area contributed by atoms with Gasteiger partial charge in [-0.25, -0.2) is 0 Å². The van der Waals surface area contributed by atoms with Gasteiger partial charge in [-0.05, 0) is 78.1 Å². The van der Waals surface area contributed by atoms with E-state index in [2.05, 4.69) is 66.7 Å². The van der Waals surface area contributed by atoms with E-state index in [1.54, 1.807) is 13.8 Å². The second-order valence-electron chi connectivity index (χ2n) is 8.54. The van der Waals surface area contributed by atoms with Gasteiger partial charge in [-0.3, -0.25) is 0 Å². The molecule has 0 spiro atoms. The van der Waals surface area contributed by atoms with Crippen molar-refractivity contribution in [3.8, 4) is 0 Å². The summed E-state index contributed by atoms with van der Waals surface area (Å²) in [6, 6.07) is 24.2. The Morgan fingerprint density at radius 3 is 2.03 bits per heavy atom. The van der Waals surface area contributed by atoms with E-state index in [4.69, 9.17) is 0 Å². The number of benzene rings is 4. The van der Waals surface area contributed by atoms with E-state index in [1.165, 1.54) is 47.3 Å². The minimum absolute atomic E-state index is 0.548. The van der Waals surface area contributed by atoms with Crippen LogP contribution in [0.3, 0.4) is 0 Å². The van der Waals surface area contributed by atoms with E-state index >= 15 is 0 Å². The van der Waals surface area contributed by atoms with Crippen molar-refractivity contribution in [1.29, 1.82) is 0 Å². The quantitative estimate of drug-likeness (QED) is 0.365. The van der Waals surface area contributed by atoms with Gasteiger partial charge >= 0.3 is 0 Å². The van der Waals surface area contributed by atoms with Crippen molar-refractivity contribution < 1.29 is 10.2 Å². The first-order valence-electron chi connectivity index (χ1n) is 10.1. The molecule has 0 saturated carbocycles. The van der Waals surface area contributed by atoms with Crippen LogP contribution in [-0.2, 0) is 6.42 Å². The van der Waals surface area contributed by atoms with Crippen LogP contribution < -0.4 is 0 Å². The van der Waals surface area contributed by atoms with Crippen LogP contribution in [0.5, 0.6) is 0 Å². The van der Waals surface area contributed by atoms with E-state index in [-0.39, 0.29) is 0 Å². The van der Waals surface area contributed by atoms with E-state index in [1.807, 2.05) is 11.3 Å². The van der Waals surface area contributed by atoms with Crippen LogP contribution in [0.1, 0.15) is 25.8 Å².